The van der Waals surface area contributed by atoms with E-state index in [1.807, 2.05) is 0 Å². The van der Waals surface area contributed by atoms with Gasteiger partial charge in [0.1, 0.15) is 0 Å². The summed E-state index contributed by atoms with van der Waals surface area (Å²) in [5.41, 5.74) is -0.263. The van der Waals surface area contributed by atoms with Crippen LogP contribution in [-0.2, 0) is 17.9 Å². The molecular formula is C27H35F4N3O3S. The topological polar surface area (TPSA) is 78.4 Å². The van der Waals surface area contributed by atoms with Gasteiger partial charge < -0.3 is 19.2 Å². The summed E-state index contributed by atoms with van der Waals surface area (Å²) in [6.07, 6.45) is 2.66. The molecule has 2 fully saturated rings. The highest BCUT2D eigenvalue weighted by atomic mass is 32.2. The number of amides is 1. The van der Waals surface area contributed by atoms with E-state index in [2.05, 4.69) is 14.8 Å². The third-order valence-corrected chi connectivity index (χ3v) is 8.48. The molecule has 6 nitrogen and oxygen atoms in total. The summed E-state index contributed by atoms with van der Waals surface area (Å²) < 4.78 is 77.0. The summed E-state index contributed by atoms with van der Waals surface area (Å²) in [7, 11) is 0. The molecular weight excluding hydrogens is 522 g/mol. The monoisotopic (exact) mass is 557 g/mol. The zero-order chi connectivity index (χ0) is 27.7. The lowest BCUT2D eigenvalue weighted by molar-refractivity contribution is -0.275. The van der Waals surface area contributed by atoms with Crippen molar-refractivity contribution in [3.8, 4) is 17.0 Å². The Hall–Kier alpha value is -2.24. The molecule has 0 aliphatic heterocycles. The largest absolute Gasteiger partial charge is 0.593 e. The lowest BCUT2D eigenvalue weighted by Crippen LogP contribution is -2.40. The third-order valence-electron chi connectivity index (χ3n) is 6.95. The third kappa shape index (κ3) is 7.24. The molecule has 210 valence electrons. The molecule has 1 heterocycles. The van der Waals surface area contributed by atoms with Crippen molar-refractivity contribution in [1.82, 2.24) is 14.6 Å². The molecule has 0 spiro atoms. The molecule has 2 N–H and O–H groups in total. The Morgan fingerprint density at radius 3 is 2.34 bits per heavy atom. The smallest absolute Gasteiger partial charge is 0.573 e. The molecule has 2 saturated carbocycles. The molecule has 1 amide bonds. The van der Waals surface area contributed by atoms with E-state index in [1.165, 1.54) is 22.8 Å². The Labute approximate surface area is 223 Å². The van der Waals surface area contributed by atoms with E-state index in [4.69, 9.17) is 0 Å². The SMILES string of the molecule is CC(C)(C)N[S+]([O-])c1ccc(-c2cc(C(=O)NC3CCC3)c(F)n2CC2CCCCC2)cc1OC(F)(F)F. The molecule has 0 saturated heterocycles. The fraction of sp³-hybridized carbons (Fsp3) is 0.593. The van der Waals surface area contributed by atoms with Crippen LogP contribution in [0.5, 0.6) is 5.75 Å². The zero-order valence-electron chi connectivity index (χ0n) is 21.9. The fourth-order valence-electron chi connectivity index (χ4n) is 4.90. The second-order valence-corrected chi connectivity index (χ2v) is 12.5. The Morgan fingerprint density at radius 2 is 1.76 bits per heavy atom. The van der Waals surface area contributed by atoms with E-state index in [1.54, 1.807) is 20.8 Å². The highest BCUT2D eigenvalue weighted by Gasteiger charge is 2.36. The summed E-state index contributed by atoms with van der Waals surface area (Å²) in [6.45, 7) is 5.52. The molecule has 1 atom stereocenters. The summed E-state index contributed by atoms with van der Waals surface area (Å²) >= 11 is -2.00. The molecule has 1 aromatic carbocycles. The molecule has 11 heteroatoms. The average Bonchev–Trinajstić information content (AvgIpc) is 3.10. The lowest BCUT2D eigenvalue weighted by Gasteiger charge is -2.26. The van der Waals surface area contributed by atoms with Crippen LogP contribution in [0.4, 0.5) is 17.6 Å². The first-order chi connectivity index (χ1) is 17.8. The first-order valence-electron chi connectivity index (χ1n) is 13.1. The zero-order valence-corrected chi connectivity index (χ0v) is 22.7. The Bertz CT molecular complexity index is 1140. The predicted molar refractivity (Wildman–Crippen MR) is 137 cm³/mol. The minimum absolute atomic E-state index is 0.00316. The molecule has 38 heavy (non-hydrogen) atoms. The van der Waals surface area contributed by atoms with E-state index < -0.39 is 40.9 Å². The van der Waals surface area contributed by atoms with Gasteiger partial charge in [-0.2, -0.15) is 4.39 Å². The summed E-state index contributed by atoms with van der Waals surface area (Å²) in [5, 5.41) is 2.84. The first-order valence-corrected chi connectivity index (χ1v) is 14.3. The van der Waals surface area contributed by atoms with Crippen LogP contribution in [-0.4, -0.2) is 33.0 Å². The van der Waals surface area contributed by atoms with E-state index in [9.17, 15) is 22.5 Å². The predicted octanol–water partition coefficient (Wildman–Crippen LogP) is 6.47. The maximum Gasteiger partial charge on any atom is 0.573 e. The number of ether oxygens (including phenoxy) is 1. The second-order valence-electron chi connectivity index (χ2n) is 11.3. The van der Waals surface area contributed by atoms with Crippen molar-refractivity contribution >= 4 is 17.3 Å². The van der Waals surface area contributed by atoms with Crippen molar-refractivity contribution < 1.29 is 31.6 Å². The van der Waals surface area contributed by atoms with Gasteiger partial charge in [-0.15, -0.1) is 17.9 Å². The van der Waals surface area contributed by atoms with Crippen molar-refractivity contribution in [3.63, 3.8) is 0 Å². The maximum atomic E-state index is 15.8. The lowest BCUT2D eigenvalue weighted by atomic mass is 9.89. The second kappa shape index (κ2) is 11.5. The Morgan fingerprint density at radius 1 is 1.08 bits per heavy atom. The van der Waals surface area contributed by atoms with Crippen LogP contribution in [0.15, 0.2) is 29.2 Å². The Kier molecular flexibility index (Phi) is 8.68. The van der Waals surface area contributed by atoms with Crippen LogP contribution in [0.25, 0.3) is 11.3 Å². The minimum atomic E-state index is -5.03. The number of halogens is 4. The van der Waals surface area contributed by atoms with Crippen molar-refractivity contribution in [2.75, 3.05) is 0 Å². The molecule has 1 unspecified atom stereocenters. The number of rotatable bonds is 8. The number of nitrogens with zero attached hydrogens (tertiary/aromatic N) is 1. The van der Waals surface area contributed by atoms with Crippen molar-refractivity contribution in [3.05, 3.63) is 35.8 Å². The van der Waals surface area contributed by atoms with Crippen LogP contribution in [0.2, 0.25) is 0 Å². The normalized spacial score (nSPS) is 18.2. The molecule has 2 aromatic rings. The molecule has 0 bridgehead atoms. The first kappa shape index (κ1) is 28.8. The molecule has 2 aliphatic carbocycles. The van der Waals surface area contributed by atoms with Crippen molar-refractivity contribution in [1.29, 1.82) is 0 Å². The van der Waals surface area contributed by atoms with E-state index in [-0.39, 0.29) is 33.7 Å². The average molecular weight is 558 g/mol. The number of hydrogen-bond donors (Lipinski definition) is 2. The molecule has 4 rings (SSSR count). The van der Waals surface area contributed by atoms with Crippen LogP contribution in [0.3, 0.4) is 0 Å². The summed E-state index contributed by atoms with van der Waals surface area (Å²) in [5.74, 6) is -1.69. The van der Waals surface area contributed by atoms with Crippen LogP contribution in [0.1, 0.15) is 82.5 Å². The number of carbonyl (C=O) groups excluding carboxylic acids is 1. The molecule has 1 aromatic heterocycles. The number of hydrogen-bond acceptors (Lipinski definition) is 4. The van der Waals surface area contributed by atoms with Gasteiger partial charge in [-0.1, -0.05) is 19.3 Å². The number of aromatic nitrogens is 1. The van der Waals surface area contributed by atoms with Gasteiger partial charge in [-0.05, 0) is 83.1 Å². The van der Waals surface area contributed by atoms with Crippen molar-refractivity contribution in [2.45, 2.75) is 102 Å². The van der Waals surface area contributed by atoms with Gasteiger partial charge in [0, 0.05) is 18.2 Å². The van der Waals surface area contributed by atoms with Gasteiger partial charge in [0.05, 0.1) is 28.2 Å². The van der Waals surface area contributed by atoms with Crippen molar-refractivity contribution in [2.24, 2.45) is 5.92 Å². The number of benzene rings is 1. The summed E-state index contributed by atoms with van der Waals surface area (Å²) in [4.78, 5) is 12.7. The van der Waals surface area contributed by atoms with E-state index in [0.29, 0.717) is 6.54 Å². The fourth-order valence-corrected chi connectivity index (χ4v) is 6.05. The minimum Gasteiger partial charge on any atom is -0.593 e. The van der Waals surface area contributed by atoms with Gasteiger partial charge in [0.25, 0.3) is 5.91 Å². The van der Waals surface area contributed by atoms with Gasteiger partial charge in [0.2, 0.25) is 10.8 Å². The maximum absolute atomic E-state index is 15.8. The van der Waals surface area contributed by atoms with Crippen LogP contribution in [0, 0.1) is 11.9 Å². The highest BCUT2D eigenvalue weighted by molar-refractivity contribution is 7.89. The Balaban J connectivity index is 1.75. The van der Waals surface area contributed by atoms with Gasteiger partial charge in [-0.25, -0.2) is 0 Å². The quantitative estimate of drug-likeness (QED) is 0.288. The summed E-state index contributed by atoms with van der Waals surface area (Å²) in [6, 6.07) is 5.28. The molecule has 0 radical (unpaired) electrons. The van der Waals surface area contributed by atoms with Gasteiger partial charge in [-0.3, -0.25) is 4.79 Å². The van der Waals surface area contributed by atoms with Crippen LogP contribution >= 0.6 is 0 Å². The molecule has 2 aliphatic rings. The van der Waals surface area contributed by atoms with E-state index >= 15 is 4.39 Å². The van der Waals surface area contributed by atoms with Gasteiger partial charge >= 0.3 is 6.36 Å². The van der Waals surface area contributed by atoms with Crippen LogP contribution < -0.4 is 14.8 Å². The number of nitrogens with one attached hydrogen (secondary N) is 2. The standard InChI is InChI=1S/C27H35F4N3O3S/c1-26(2,3)33-38(36)23-13-12-18(14-22(23)37-27(29,30)31)21-15-20(25(35)32-19-10-7-11-19)24(28)34(21)16-17-8-5-4-6-9-17/h12-15,17,19,33H,4-11,16H2,1-3H3,(H,32,35). The van der Waals surface area contributed by atoms with E-state index in [0.717, 1.165) is 57.4 Å². The number of carbonyl (C=O) groups is 1. The van der Waals surface area contributed by atoms with Gasteiger partial charge in [0.15, 0.2) is 5.75 Å². The number of alkyl halides is 3. The highest BCUT2D eigenvalue weighted by Crippen LogP contribution is 2.37.